The minimum atomic E-state index is -0.0998. The minimum absolute atomic E-state index is 0.0446. The van der Waals surface area contributed by atoms with Crippen molar-refractivity contribution in [2.75, 3.05) is 18.4 Å². The van der Waals surface area contributed by atoms with Crippen LogP contribution in [-0.4, -0.2) is 34.0 Å². The number of anilines is 1. The second-order valence-corrected chi connectivity index (χ2v) is 10.0. The Balaban J connectivity index is 1.21. The highest BCUT2D eigenvalue weighted by Gasteiger charge is 2.27. The topological polar surface area (TPSA) is 71.3 Å². The van der Waals surface area contributed by atoms with Gasteiger partial charge in [-0.15, -0.1) is 0 Å². The SMILES string of the molecule is O=C(Nc1ccccc1Sc1ccccc1)C1CCCN(Cc2nc(-c3ccc(Cl)cc3)no2)C1. The summed E-state index contributed by atoms with van der Waals surface area (Å²) in [7, 11) is 0. The Morgan fingerprint density at radius 2 is 1.83 bits per heavy atom. The van der Waals surface area contributed by atoms with Crippen molar-refractivity contribution in [1.29, 1.82) is 0 Å². The number of amides is 1. The first-order valence-electron chi connectivity index (χ1n) is 11.6. The lowest BCUT2D eigenvalue weighted by atomic mass is 9.97. The van der Waals surface area contributed by atoms with E-state index < -0.39 is 0 Å². The van der Waals surface area contributed by atoms with E-state index in [0.717, 1.165) is 40.4 Å². The van der Waals surface area contributed by atoms with E-state index in [2.05, 4.69) is 32.5 Å². The summed E-state index contributed by atoms with van der Waals surface area (Å²) < 4.78 is 5.48. The third-order valence-electron chi connectivity index (χ3n) is 5.92. The van der Waals surface area contributed by atoms with Gasteiger partial charge in [-0.05, 0) is 67.9 Å². The molecule has 1 fully saturated rings. The van der Waals surface area contributed by atoms with Crippen molar-refractivity contribution in [1.82, 2.24) is 15.0 Å². The van der Waals surface area contributed by atoms with Crippen molar-refractivity contribution in [3.05, 3.63) is 89.8 Å². The molecule has 178 valence electrons. The van der Waals surface area contributed by atoms with Gasteiger partial charge in [-0.25, -0.2) is 0 Å². The molecule has 1 aromatic heterocycles. The fraction of sp³-hybridized carbons (Fsp3) is 0.222. The van der Waals surface area contributed by atoms with Gasteiger partial charge in [-0.1, -0.05) is 58.9 Å². The predicted octanol–water partition coefficient (Wildman–Crippen LogP) is 6.39. The van der Waals surface area contributed by atoms with E-state index in [4.69, 9.17) is 16.1 Å². The number of halogens is 1. The molecule has 1 N–H and O–H groups in total. The zero-order valence-corrected chi connectivity index (χ0v) is 20.6. The van der Waals surface area contributed by atoms with E-state index in [9.17, 15) is 4.79 Å². The predicted molar refractivity (Wildman–Crippen MR) is 138 cm³/mol. The molecule has 1 unspecified atom stereocenters. The molecular formula is C27H25ClN4O2S. The molecule has 8 heteroatoms. The van der Waals surface area contributed by atoms with Crippen LogP contribution in [0.5, 0.6) is 0 Å². The van der Waals surface area contributed by atoms with Gasteiger partial charge in [0.15, 0.2) is 0 Å². The molecule has 35 heavy (non-hydrogen) atoms. The zero-order valence-electron chi connectivity index (χ0n) is 19.1. The van der Waals surface area contributed by atoms with Crippen molar-refractivity contribution < 1.29 is 9.32 Å². The van der Waals surface area contributed by atoms with Crippen LogP contribution >= 0.6 is 23.4 Å². The summed E-state index contributed by atoms with van der Waals surface area (Å²) in [4.78, 5) is 22.1. The molecule has 5 rings (SSSR count). The van der Waals surface area contributed by atoms with Crippen molar-refractivity contribution >= 4 is 35.0 Å². The largest absolute Gasteiger partial charge is 0.338 e. The van der Waals surface area contributed by atoms with Crippen LogP contribution in [-0.2, 0) is 11.3 Å². The van der Waals surface area contributed by atoms with Gasteiger partial charge in [0.05, 0.1) is 18.2 Å². The molecule has 2 heterocycles. The molecule has 1 amide bonds. The van der Waals surface area contributed by atoms with E-state index in [1.54, 1.807) is 23.9 Å². The first-order valence-corrected chi connectivity index (χ1v) is 12.8. The van der Waals surface area contributed by atoms with E-state index in [0.29, 0.717) is 29.8 Å². The highest BCUT2D eigenvalue weighted by atomic mass is 35.5. The van der Waals surface area contributed by atoms with E-state index in [-0.39, 0.29) is 11.8 Å². The normalized spacial score (nSPS) is 16.2. The molecule has 0 spiro atoms. The van der Waals surface area contributed by atoms with Crippen molar-refractivity contribution in [3.8, 4) is 11.4 Å². The summed E-state index contributed by atoms with van der Waals surface area (Å²) in [5.41, 5.74) is 1.69. The maximum absolute atomic E-state index is 13.2. The van der Waals surface area contributed by atoms with Gasteiger partial charge in [0.1, 0.15) is 0 Å². The molecular weight excluding hydrogens is 480 g/mol. The monoisotopic (exact) mass is 504 g/mol. The molecule has 0 radical (unpaired) electrons. The number of aromatic nitrogens is 2. The summed E-state index contributed by atoms with van der Waals surface area (Å²) in [6.45, 7) is 2.06. The van der Waals surface area contributed by atoms with Gasteiger partial charge >= 0.3 is 0 Å². The Labute approximate surface area is 213 Å². The standard InChI is InChI=1S/C27H25ClN4O2S/c28-21-14-12-19(13-15-21)26-30-25(34-31-26)18-32-16-6-7-20(17-32)27(33)29-23-10-4-5-11-24(23)35-22-8-2-1-3-9-22/h1-5,8-15,20H,6-7,16-18H2,(H,29,33). The maximum atomic E-state index is 13.2. The Hall–Kier alpha value is -3.13. The van der Waals surface area contributed by atoms with Gasteiger partial charge in [-0.2, -0.15) is 4.98 Å². The smallest absolute Gasteiger partial charge is 0.241 e. The van der Waals surface area contributed by atoms with Gasteiger partial charge in [0.25, 0.3) is 0 Å². The number of nitrogens with one attached hydrogen (secondary N) is 1. The number of rotatable bonds is 7. The highest BCUT2D eigenvalue weighted by Crippen LogP contribution is 2.33. The van der Waals surface area contributed by atoms with Crippen LogP contribution in [0.15, 0.2) is 93.2 Å². The summed E-state index contributed by atoms with van der Waals surface area (Å²) in [5.74, 6) is 1.02. The number of piperidine rings is 1. The van der Waals surface area contributed by atoms with Crippen LogP contribution in [0, 0.1) is 5.92 Å². The Kier molecular flexibility index (Phi) is 7.47. The molecule has 3 aromatic carbocycles. The zero-order chi connectivity index (χ0) is 24.0. The third-order valence-corrected chi connectivity index (χ3v) is 7.26. The lowest BCUT2D eigenvalue weighted by molar-refractivity contribution is -0.121. The summed E-state index contributed by atoms with van der Waals surface area (Å²) in [5, 5.41) is 7.93. The number of para-hydroxylation sites is 1. The van der Waals surface area contributed by atoms with Gasteiger partial charge in [0, 0.05) is 26.9 Å². The van der Waals surface area contributed by atoms with E-state index in [1.165, 1.54) is 0 Å². The number of hydrogen-bond acceptors (Lipinski definition) is 6. The Morgan fingerprint density at radius 3 is 2.66 bits per heavy atom. The van der Waals surface area contributed by atoms with Crippen LogP contribution < -0.4 is 5.32 Å². The van der Waals surface area contributed by atoms with Gasteiger partial charge in [-0.3, -0.25) is 9.69 Å². The lowest BCUT2D eigenvalue weighted by Gasteiger charge is -2.31. The molecule has 6 nitrogen and oxygen atoms in total. The van der Waals surface area contributed by atoms with Crippen LogP contribution in [0.4, 0.5) is 5.69 Å². The van der Waals surface area contributed by atoms with Crippen LogP contribution in [0.1, 0.15) is 18.7 Å². The Morgan fingerprint density at radius 1 is 1.06 bits per heavy atom. The number of carbonyl (C=O) groups excluding carboxylic acids is 1. The van der Waals surface area contributed by atoms with Gasteiger partial charge in [0.2, 0.25) is 17.6 Å². The molecule has 1 aliphatic rings. The summed E-state index contributed by atoms with van der Waals surface area (Å²) in [6.07, 6.45) is 1.80. The fourth-order valence-electron chi connectivity index (χ4n) is 4.15. The van der Waals surface area contributed by atoms with Crippen molar-refractivity contribution in [3.63, 3.8) is 0 Å². The molecule has 4 aromatic rings. The first-order chi connectivity index (χ1) is 17.1. The highest BCUT2D eigenvalue weighted by molar-refractivity contribution is 7.99. The lowest BCUT2D eigenvalue weighted by Crippen LogP contribution is -2.40. The quantitative estimate of drug-likeness (QED) is 0.314. The maximum Gasteiger partial charge on any atom is 0.241 e. The van der Waals surface area contributed by atoms with Crippen LogP contribution in [0.2, 0.25) is 5.02 Å². The number of likely N-dealkylation sites (tertiary alicyclic amines) is 1. The number of hydrogen-bond donors (Lipinski definition) is 1. The molecule has 1 saturated heterocycles. The molecule has 1 atom stereocenters. The minimum Gasteiger partial charge on any atom is -0.338 e. The van der Waals surface area contributed by atoms with Crippen molar-refractivity contribution in [2.45, 2.75) is 29.2 Å². The summed E-state index contributed by atoms with van der Waals surface area (Å²) >= 11 is 7.61. The summed E-state index contributed by atoms with van der Waals surface area (Å²) in [6, 6.07) is 25.4. The second-order valence-electron chi connectivity index (χ2n) is 8.49. The average molecular weight is 505 g/mol. The van der Waals surface area contributed by atoms with E-state index >= 15 is 0 Å². The average Bonchev–Trinajstić information content (AvgIpc) is 3.35. The third kappa shape index (κ3) is 6.11. The second kappa shape index (κ2) is 11.1. The van der Waals surface area contributed by atoms with Crippen LogP contribution in [0.25, 0.3) is 11.4 Å². The van der Waals surface area contributed by atoms with Crippen LogP contribution in [0.3, 0.4) is 0 Å². The number of nitrogens with zero attached hydrogens (tertiary/aromatic N) is 3. The molecule has 0 bridgehead atoms. The van der Waals surface area contributed by atoms with Crippen molar-refractivity contribution in [2.24, 2.45) is 5.92 Å². The van der Waals surface area contributed by atoms with E-state index in [1.807, 2.05) is 54.6 Å². The molecule has 1 aliphatic heterocycles. The Bertz CT molecular complexity index is 1280. The first kappa shape index (κ1) is 23.6. The fourth-order valence-corrected chi connectivity index (χ4v) is 5.20. The van der Waals surface area contributed by atoms with Gasteiger partial charge < -0.3 is 9.84 Å². The number of carbonyl (C=O) groups is 1. The number of benzene rings is 3. The molecule has 0 aliphatic carbocycles. The molecule has 0 saturated carbocycles.